The van der Waals surface area contributed by atoms with Crippen molar-refractivity contribution in [3.05, 3.63) is 71.3 Å². The van der Waals surface area contributed by atoms with E-state index in [9.17, 15) is 9.18 Å². The molecule has 0 saturated carbocycles. The van der Waals surface area contributed by atoms with Crippen molar-refractivity contribution in [2.45, 2.75) is 33.1 Å². The molecular formula is C27H28FN3O3. The molecule has 0 aliphatic carbocycles. The van der Waals surface area contributed by atoms with Gasteiger partial charge in [-0.2, -0.15) is 0 Å². The summed E-state index contributed by atoms with van der Waals surface area (Å²) < 4.78 is 24.9. The first kappa shape index (κ1) is 24.8. The third-order valence-electron chi connectivity index (χ3n) is 5.59. The minimum absolute atomic E-state index is 0.114. The van der Waals surface area contributed by atoms with E-state index in [2.05, 4.69) is 28.6 Å². The van der Waals surface area contributed by atoms with Crippen LogP contribution in [0.15, 0.2) is 64.2 Å². The zero-order valence-electron chi connectivity index (χ0n) is 20.1. The zero-order valence-corrected chi connectivity index (χ0v) is 20.1. The highest BCUT2D eigenvalue weighted by molar-refractivity contribution is 6.00. The van der Waals surface area contributed by atoms with Crippen LogP contribution in [0, 0.1) is 5.82 Å². The van der Waals surface area contributed by atoms with Gasteiger partial charge in [-0.1, -0.05) is 24.6 Å². The lowest BCUT2D eigenvalue weighted by Gasteiger charge is -2.15. The molecule has 0 amide bonds. The summed E-state index contributed by atoms with van der Waals surface area (Å²) in [4.78, 5) is 24.9. The minimum Gasteiger partial charge on any atom is -0.497 e. The number of amidine groups is 1. The topological polar surface area (TPSA) is 73.1 Å². The first-order valence-corrected chi connectivity index (χ1v) is 10.8. The van der Waals surface area contributed by atoms with Crippen LogP contribution in [0.5, 0.6) is 5.75 Å². The number of hydrogen-bond acceptors (Lipinski definition) is 5. The van der Waals surface area contributed by atoms with Gasteiger partial charge in [0, 0.05) is 23.2 Å². The molecule has 0 saturated heterocycles. The van der Waals surface area contributed by atoms with Gasteiger partial charge < -0.3 is 9.47 Å². The Morgan fingerprint density at radius 3 is 2.56 bits per heavy atom. The number of aromatic nitrogens is 1. The Labute approximate surface area is 198 Å². The van der Waals surface area contributed by atoms with Crippen molar-refractivity contribution in [1.82, 2.24) is 4.98 Å². The van der Waals surface area contributed by atoms with Gasteiger partial charge in [0.25, 0.3) is 0 Å². The number of esters is 1. The summed E-state index contributed by atoms with van der Waals surface area (Å²) >= 11 is 0. The van der Waals surface area contributed by atoms with Crippen LogP contribution in [-0.4, -0.2) is 37.7 Å². The van der Waals surface area contributed by atoms with Gasteiger partial charge in [0.2, 0.25) is 0 Å². The molecule has 0 bridgehead atoms. The van der Waals surface area contributed by atoms with E-state index in [4.69, 9.17) is 9.47 Å². The van der Waals surface area contributed by atoms with Crippen LogP contribution < -0.4 is 4.74 Å². The van der Waals surface area contributed by atoms with Crippen LogP contribution in [0.3, 0.4) is 0 Å². The summed E-state index contributed by atoms with van der Waals surface area (Å²) in [7, 11) is 2.77. The molecule has 7 heteroatoms. The number of carbonyl (C=O) groups is 1. The van der Waals surface area contributed by atoms with Crippen molar-refractivity contribution >= 4 is 29.4 Å². The van der Waals surface area contributed by atoms with Gasteiger partial charge in [-0.15, -0.1) is 0 Å². The lowest BCUT2D eigenvalue weighted by Crippen LogP contribution is -2.06. The molecule has 3 rings (SSSR count). The van der Waals surface area contributed by atoms with Crippen molar-refractivity contribution in [3.63, 3.8) is 0 Å². The van der Waals surface area contributed by atoms with Crippen LogP contribution in [0.25, 0.3) is 22.0 Å². The minimum atomic E-state index is -0.585. The van der Waals surface area contributed by atoms with Crippen LogP contribution >= 0.6 is 0 Å². The van der Waals surface area contributed by atoms with Gasteiger partial charge in [0.05, 0.1) is 19.7 Å². The number of methoxy groups -OCH3 is 2. The summed E-state index contributed by atoms with van der Waals surface area (Å²) in [5, 5.41) is 0.734. The van der Waals surface area contributed by atoms with Gasteiger partial charge in [0.15, 0.2) is 0 Å². The number of benzene rings is 2. The molecule has 6 nitrogen and oxygen atoms in total. The molecule has 34 heavy (non-hydrogen) atoms. The maximum atomic E-state index is 14.9. The van der Waals surface area contributed by atoms with E-state index in [1.165, 1.54) is 20.3 Å². The van der Waals surface area contributed by atoms with Gasteiger partial charge >= 0.3 is 5.97 Å². The van der Waals surface area contributed by atoms with Crippen LogP contribution in [0.1, 0.15) is 49.2 Å². The van der Waals surface area contributed by atoms with E-state index in [1.54, 1.807) is 31.3 Å². The third kappa shape index (κ3) is 5.54. The average molecular weight is 462 g/mol. The molecule has 0 N–H and O–H groups in total. The fraction of sp³-hybridized carbons (Fsp3) is 0.259. The second-order valence-corrected chi connectivity index (χ2v) is 8.08. The van der Waals surface area contributed by atoms with Gasteiger partial charge in [0.1, 0.15) is 23.1 Å². The molecule has 0 aliphatic heterocycles. The third-order valence-corrected chi connectivity index (χ3v) is 5.59. The second kappa shape index (κ2) is 10.8. The number of fused-ring (bicyclic) bond motifs is 1. The largest absolute Gasteiger partial charge is 0.497 e. The Bertz CT molecular complexity index is 1300. The Morgan fingerprint density at radius 2 is 1.91 bits per heavy atom. The Hall–Kier alpha value is -3.87. The van der Waals surface area contributed by atoms with E-state index in [0.717, 1.165) is 22.9 Å². The lowest BCUT2D eigenvalue weighted by molar-refractivity contribution is 0.0594. The molecular weight excluding hydrogens is 433 g/mol. The van der Waals surface area contributed by atoms with Crippen molar-refractivity contribution in [2.75, 3.05) is 14.2 Å². The molecule has 1 unspecified atom stereocenters. The molecule has 0 fully saturated rings. The van der Waals surface area contributed by atoms with E-state index in [1.807, 2.05) is 25.1 Å². The Kier molecular flexibility index (Phi) is 7.89. The Balaban J connectivity index is 2.08. The number of hydrogen-bond donors (Lipinski definition) is 0. The number of ether oxygens (including phenoxy) is 2. The number of carbonyl (C=O) groups excluding carboxylic acids is 1. The van der Waals surface area contributed by atoms with Crippen molar-refractivity contribution in [1.29, 1.82) is 0 Å². The summed E-state index contributed by atoms with van der Waals surface area (Å²) in [6.07, 6.45) is 2.57. The predicted molar refractivity (Wildman–Crippen MR) is 134 cm³/mol. The molecule has 0 radical (unpaired) electrons. The van der Waals surface area contributed by atoms with Crippen LogP contribution in [-0.2, 0) is 4.74 Å². The molecule has 0 spiro atoms. The molecule has 3 aromatic rings. The zero-order chi connectivity index (χ0) is 24.8. The molecule has 1 aromatic heterocycles. The molecule has 1 heterocycles. The van der Waals surface area contributed by atoms with Crippen molar-refractivity contribution < 1.29 is 18.7 Å². The van der Waals surface area contributed by atoms with Crippen LogP contribution in [0.4, 0.5) is 4.39 Å². The number of halogens is 1. The van der Waals surface area contributed by atoms with Gasteiger partial charge in [-0.25, -0.2) is 24.2 Å². The highest BCUT2D eigenvalue weighted by atomic mass is 19.1. The molecule has 0 aliphatic rings. The maximum absolute atomic E-state index is 14.9. The first-order valence-electron chi connectivity index (χ1n) is 10.8. The summed E-state index contributed by atoms with van der Waals surface area (Å²) in [5.74, 6) is 0.146. The first-order chi connectivity index (χ1) is 16.3. The number of nitrogens with zero attached hydrogens (tertiary/aromatic N) is 3. The van der Waals surface area contributed by atoms with E-state index >= 15 is 0 Å². The monoisotopic (exact) mass is 461 g/mol. The fourth-order valence-electron chi connectivity index (χ4n) is 3.72. The second-order valence-electron chi connectivity index (χ2n) is 8.08. The summed E-state index contributed by atoms with van der Waals surface area (Å²) in [6.45, 7) is 9.37. The standard InChI is InChI=1S/C27H28FN3O3/c1-16(15-30-18(3)29-4)11-17(2)19-7-9-22-23(21-10-8-20(33-5)13-24(21)28)14-26(27(32)34-6)31-25(22)12-19/h7-10,12-15,17H,4,11H2,1-3,5-6H3/b16-15+,30-18?. The van der Waals surface area contributed by atoms with E-state index in [0.29, 0.717) is 28.2 Å². The normalized spacial score (nSPS) is 13.0. The summed E-state index contributed by atoms with van der Waals surface area (Å²) in [6, 6.07) is 12.0. The quantitative estimate of drug-likeness (QED) is 0.233. The number of pyridine rings is 1. The van der Waals surface area contributed by atoms with Gasteiger partial charge in [-0.05, 0) is 68.3 Å². The maximum Gasteiger partial charge on any atom is 0.356 e. The van der Waals surface area contributed by atoms with Crippen molar-refractivity contribution in [3.8, 4) is 16.9 Å². The highest BCUT2D eigenvalue weighted by Gasteiger charge is 2.18. The molecule has 1 atom stereocenters. The summed E-state index contributed by atoms with van der Waals surface area (Å²) in [5.41, 5.74) is 3.74. The lowest BCUT2D eigenvalue weighted by atomic mass is 9.92. The van der Waals surface area contributed by atoms with E-state index in [-0.39, 0.29) is 11.6 Å². The van der Waals surface area contributed by atoms with Crippen molar-refractivity contribution in [2.24, 2.45) is 9.98 Å². The SMILES string of the molecule is C=NC(C)=N/C=C(\C)CC(C)c1ccc2c(-c3ccc(OC)cc3F)cc(C(=O)OC)nc2c1. The molecule has 176 valence electrons. The Morgan fingerprint density at radius 1 is 1.15 bits per heavy atom. The predicted octanol–water partition coefficient (Wildman–Crippen LogP) is 6.35. The van der Waals surface area contributed by atoms with Crippen LogP contribution in [0.2, 0.25) is 0 Å². The van der Waals surface area contributed by atoms with Gasteiger partial charge in [-0.3, -0.25) is 0 Å². The fourth-order valence-corrected chi connectivity index (χ4v) is 3.72. The number of allylic oxidation sites excluding steroid dienone is 1. The number of aliphatic imine (C=N–C) groups is 2. The number of rotatable bonds is 7. The average Bonchev–Trinajstić information content (AvgIpc) is 2.85. The van der Waals surface area contributed by atoms with E-state index < -0.39 is 11.8 Å². The highest BCUT2D eigenvalue weighted by Crippen LogP contribution is 2.34. The smallest absolute Gasteiger partial charge is 0.356 e. The molecule has 2 aromatic carbocycles.